The molecule has 0 aromatic heterocycles. The lowest BCUT2D eigenvalue weighted by atomic mass is 10.1. The zero-order valence-electron chi connectivity index (χ0n) is 17.9. The first-order valence-corrected chi connectivity index (χ1v) is 11.5. The van der Waals surface area contributed by atoms with Crippen molar-refractivity contribution in [1.29, 1.82) is 0 Å². The van der Waals surface area contributed by atoms with Gasteiger partial charge in [0.25, 0.3) is 5.69 Å². The zero-order valence-corrected chi connectivity index (χ0v) is 18.8. The fourth-order valence-electron chi connectivity index (χ4n) is 3.37. The van der Waals surface area contributed by atoms with E-state index in [2.05, 4.69) is 10.1 Å². The molecule has 0 saturated carbocycles. The van der Waals surface area contributed by atoms with Crippen molar-refractivity contribution < 1.29 is 36.4 Å². The van der Waals surface area contributed by atoms with Gasteiger partial charge in [-0.3, -0.25) is 14.9 Å². The second-order valence-corrected chi connectivity index (χ2v) is 9.10. The van der Waals surface area contributed by atoms with E-state index in [0.717, 1.165) is 37.1 Å². The Morgan fingerprint density at radius 2 is 1.91 bits per heavy atom. The molecule has 1 aliphatic rings. The molecule has 0 spiro atoms. The summed E-state index contributed by atoms with van der Waals surface area (Å²) in [4.78, 5) is 22.9. The van der Waals surface area contributed by atoms with Crippen LogP contribution in [-0.2, 0) is 14.8 Å². The third-order valence-corrected chi connectivity index (χ3v) is 6.84. The maximum atomic E-state index is 12.7. The molecule has 0 bridgehead atoms. The number of nitro groups is 1. The van der Waals surface area contributed by atoms with Crippen LogP contribution in [0, 0.1) is 10.1 Å². The number of methoxy groups -OCH3 is 1. The van der Waals surface area contributed by atoms with Gasteiger partial charge in [-0.15, -0.1) is 0 Å². The first kappa shape index (κ1) is 25.1. The van der Waals surface area contributed by atoms with Gasteiger partial charge in [0.05, 0.1) is 28.6 Å². The molecule has 1 N–H and O–H groups in total. The first-order chi connectivity index (χ1) is 16.1. The molecule has 0 radical (unpaired) electrons. The third kappa shape index (κ3) is 5.85. The number of nitrogens with one attached hydrogen (secondary N) is 1. The number of sulfonamides is 1. The summed E-state index contributed by atoms with van der Waals surface area (Å²) >= 11 is 0. The minimum Gasteiger partial charge on any atom is -0.493 e. The molecule has 1 saturated heterocycles. The minimum absolute atomic E-state index is 0.0335. The summed E-state index contributed by atoms with van der Waals surface area (Å²) in [6.07, 6.45) is 3.66. The molecule has 0 atom stereocenters. The van der Waals surface area contributed by atoms with Crippen molar-refractivity contribution in [1.82, 2.24) is 4.31 Å². The predicted octanol–water partition coefficient (Wildman–Crippen LogP) is 3.64. The number of hydrogen-bond acceptors (Lipinski definition) is 7. The van der Waals surface area contributed by atoms with Crippen molar-refractivity contribution in [3.05, 3.63) is 58.2 Å². The van der Waals surface area contributed by atoms with Gasteiger partial charge in [0.2, 0.25) is 15.9 Å². The van der Waals surface area contributed by atoms with E-state index in [4.69, 9.17) is 4.74 Å². The van der Waals surface area contributed by atoms with Crippen molar-refractivity contribution in [3.8, 4) is 11.5 Å². The van der Waals surface area contributed by atoms with Crippen molar-refractivity contribution in [3.63, 3.8) is 0 Å². The van der Waals surface area contributed by atoms with Gasteiger partial charge in [-0.05, 0) is 43.2 Å². The number of anilines is 1. The molecule has 34 heavy (non-hydrogen) atoms. The largest absolute Gasteiger partial charge is 0.493 e. The maximum Gasteiger partial charge on any atom is 0.387 e. The second kappa shape index (κ2) is 10.6. The van der Waals surface area contributed by atoms with E-state index in [1.807, 2.05) is 0 Å². The fourth-order valence-corrected chi connectivity index (χ4v) is 4.93. The lowest BCUT2D eigenvalue weighted by Gasteiger charge is -2.16. The lowest BCUT2D eigenvalue weighted by molar-refractivity contribution is -0.385. The average Bonchev–Trinajstić information content (AvgIpc) is 3.33. The Morgan fingerprint density at radius 3 is 2.53 bits per heavy atom. The summed E-state index contributed by atoms with van der Waals surface area (Å²) in [7, 11) is -2.51. The monoisotopic (exact) mass is 497 g/mol. The van der Waals surface area contributed by atoms with E-state index >= 15 is 0 Å². The zero-order chi connectivity index (χ0) is 24.9. The van der Waals surface area contributed by atoms with Crippen LogP contribution in [0.4, 0.5) is 20.2 Å². The van der Waals surface area contributed by atoms with Gasteiger partial charge >= 0.3 is 6.61 Å². The number of nitrogens with zero attached hydrogens (tertiary/aromatic N) is 2. The molecular formula is C21H21F2N3O7S. The van der Waals surface area contributed by atoms with E-state index in [0.29, 0.717) is 13.1 Å². The highest BCUT2D eigenvalue weighted by Crippen LogP contribution is 2.36. The van der Waals surface area contributed by atoms with Crippen molar-refractivity contribution >= 4 is 33.4 Å². The van der Waals surface area contributed by atoms with Gasteiger partial charge in [0.15, 0.2) is 11.5 Å². The Balaban J connectivity index is 1.80. The van der Waals surface area contributed by atoms with Crippen LogP contribution in [0.2, 0.25) is 0 Å². The van der Waals surface area contributed by atoms with Gasteiger partial charge in [0.1, 0.15) is 0 Å². The number of benzene rings is 2. The average molecular weight is 497 g/mol. The van der Waals surface area contributed by atoms with Gasteiger partial charge in [-0.1, -0.05) is 6.07 Å². The summed E-state index contributed by atoms with van der Waals surface area (Å²) in [5.74, 6) is -1.41. The molecule has 10 nitrogen and oxygen atoms in total. The SMILES string of the molecule is COc1cc(/C=C/C(=O)Nc2cccc(S(=O)(=O)N3CCCC3)c2)c([N+](=O)[O-])cc1OC(F)F. The number of alkyl halides is 2. The van der Waals surface area contributed by atoms with E-state index in [9.17, 15) is 32.1 Å². The number of halogens is 2. The van der Waals surface area contributed by atoms with Gasteiger partial charge in [-0.25, -0.2) is 8.42 Å². The van der Waals surface area contributed by atoms with Crippen LogP contribution in [0.25, 0.3) is 6.08 Å². The predicted molar refractivity (Wildman–Crippen MR) is 118 cm³/mol. The van der Waals surface area contributed by atoms with Gasteiger partial charge < -0.3 is 14.8 Å². The molecule has 182 valence electrons. The van der Waals surface area contributed by atoms with E-state index in [-0.39, 0.29) is 21.9 Å². The van der Waals surface area contributed by atoms with Crippen LogP contribution in [0.1, 0.15) is 18.4 Å². The van der Waals surface area contributed by atoms with Crippen LogP contribution >= 0.6 is 0 Å². The van der Waals surface area contributed by atoms with Crippen LogP contribution in [0.3, 0.4) is 0 Å². The highest BCUT2D eigenvalue weighted by atomic mass is 32.2. The second-order valence-electron chi connectivity index (χ2n) is 7.16. The Hall–Kier alpha value is -3.58. The molecule has 1 aliphatic heterocycles. The molecule has 0 unspecified atom stereocenters. The number of carbonyl (C=O) groups is 1. The topological polar surface area (TPSA) is 128 Å². The highest BCUT2D eigenvalue weighted by Gasteiger charge is 2.27. The number of amides is 1. The van der Waals surface area contributed by atoms with Crippen LogP contribution < -0.4 is 14.8 Å². The summed E-state index contributed by atoms with van der Waals surface area (Å²) < 4.78 is 61.1. The number of rotatable bonds is 9. The van der Waals surface area contributed by atoms with Crippen molar-refractivity contribution in [2.75, 3.05) is 25.5 Å². The van der Waals surface area contributed by atoms with E-state index in [1.165, 1.54) is 35.7 Å². The molecule has 13 heteroatoms. The lowest BCUT2D eigenvalue weighted by Crippen LogP contribution is -2.27. The number of carbonyl (C=O) groups excluding carboxylic acids is 1. The molecule has 0 aliphatic carbocycles. The summed E-state index contributed by atoms with van der Waals surface area (Å²) in [6.45, 7) is -2.35. The molecule has 1 amide bonds. The van der Waals surface area contributed by atoms with Gasteiger partial charge in [-0.2, -0.15) is 13.1 Å². The molecule has 2 aromatic rings. The summed E-state index contributed by atoms with van der Waals surface area (Å²) in [5, 5.41) is 13.9. The van der Waals surface area contributed by atoms with Crippen LogP contribution in [0.5, 0.6) is 11.5 Å². The highest BCUT2D eigenvalue weighted by molar-refractivity contribution is 7.89. The maximum absolute atomic E-state index is 12.7. The fraction of sp³-hybridized carbons (Fsp3) is 0.286. The third-order valence-electron chi connectivity index (χ3n) is 4.94. The minimum atomic E-state index is -3.68. The summed E-state index contributed by atoms with van der Waals surface area (Å²) in [6, 6.07) is 7.59. The van der Waals surface area contributed by atoms with Gasteiger partial charge in [0, 0.05) is 24.9 Å². The molecule has 1 fully saturated rings. The normalized spacial score (nSPS) is 14.5. The Morgan fingerprint density at radius 1 is 1.21 bits per heavy atom. The Bertz CT molecular complexity index is 1210. The first-order valence-electron chi connectivity index (χ1n) is 10.0. The van der Waals surface area contributed by atoms with Crippen molar-refractivity contribution in [2.24, 2.45) is 0 Å². The Kier molecular flexibility index (Phi) is 7.79. The van der Waals surface area contributed by atoms with Crippen molar-refractivity contribution in [2.45, 2.75) is 24.3 Å². The quantitative estimate of drug-likeness (QED) is 0.318. The number of hydrogen-bond donors (Lipinski definition) is 1. The van der Waals surface area contributed by atoms with Crippen LogP contribution in [-0.4, -0.2) is 50.4 Å². The number of ether oxygens (including phenoxy) is 2. The molecular weight excluding hydrogens is 476 g/mol. The van der Waals surface area contributed by atoms with E-state index < -0.39 is 38.9 Å². The van der Waals surface area contributed by atoms with E-state index in [1.54, 1.807) is 0 Å². The Labute approximate surface area is 194 Å². The standard InChI is InChI=1S/C21H21F2N3O7S/c1-32-18-11-14(17(26(28)29)13-19(18)33-21(22)23)7-8-20(27)24-15-5-4-6-16(12-15)34(30,31)25-9-2-3-10-25/h4-8,11-13,21H,2-3,9-10H2,1H3,(H,24,27)/b8-7+. The van der Waals surface area contributed by atoms with Crippen LogP contribution in [0.15, 0.2) is 47.4 Å². The number of nitro benzene ring substituents is 1. The smallest absolute Gasteiger partial charge is 0.387 e. The molecule has 3 rings (SSSR count). The molecule has 1 heterocycles. The summed E-state index contributed by atoms with van der Waals surface area (Å²) in [5.41, 5.74) is -0.467. The molecule has 2 aromatic carbocycles.